The zero-order valence-corrected chi connectivity index (χ0v) is 17.4. The van der Waals surface area contributed by atoms with E-state index in [0.29, 0.717) is 23.1 Å². The standard InChI is InChI=1S/C21H19ClN4O4/c1-24-18-17(19(27)25(2)21(24)28)26(12-13-7-9-14(22)10-8-13)20(23-18)30-16-6-4-5-15(11-16)29-3/h4-11H,12H2,1-3H3. The van der Waals surface area contributed by atoms with E-state index in [1.807, 2.05) is 12.1 Å². The number of benzene rings is 2. The molecule has 0 aliphatic rings. The van der Waals surface area contributed by atoms with Gasteiger partial charge in [0.1, 0.15) is 11.5 Å². The molecule has 2 aromatic carbocycles. The fourth-order valence-electron chi connectivity index (χ4n) is 3.19. The van der Waals surface area contributed by atoms with Crippen LogP contribution in [0, 0.1) is 0 Å². The molecule has 0 spiro atoms. The van der Waals surface area contributed by atoms with E-state index in [4.69, 9.17) is 21.1 Å². The van der Waals surface area contributed by atoms with Crippen LogP contribution in [-0.4, -0.2) is 25.8 Å². The lowest BCUT2D eigenvalue weighted by molar-refractivity contribution is 0.398. The van der Waals surface area contributed by atoms with E-state index in [1.54, 1.807) is 55.1 Å². The Bertz CT molecular complexity index is 1350. The van der Waals surface area contributed by atoms with Crippen LogP contribution in [0.5, 0.6) is 17.5 Å². The summed E-state index contributed by atoms with van der Waals surface area (Å²) in [4.78, 5) is 29.8. The van der Waals surface area contributed by atoms with Crippen molar-refractivity contribution in [3.8, 4) is 17.5 Å². The van der Waals surface area contributed by atoms with Crippen molar-refractivity contribution >= 4 is 22.8 Å². The van der Waals surface area contributed by atoms with E-state index in [9.17, 15) is 9.59 Å². The molecule has 0 aliphatic carbocycles. The maximum absolute atomic E-state index is 12.9. The second-order valence-corrected chi connectivity index (χ2v) is 7.20. The third-order valence-corrected chi connectivity index (χ3v) is 5.07. The molecular formula is C21H19ClN4O4. The Morgan fingerprint density at radius 1 is 1.00 bits per heavy atom. The van der Waals surface area contributed by atoms with E-state index in [-0.39, 0.29) is 17.2 Å². The van der Waals surface area contributed by atoms with Gasteiger partial charge in [-0.3, -0.25) is 18.5 Å². The largest absolute Gasteiger partial charge is 0.497 e. The minimum absolute atomic E-state index is 0.187. The van der Waals surface area contributed by atoms with Gasteiger partial charge >= 0.3 is 11.7 Å². The predicted molar refractivity (Wildman–Crippen MR) is 114 cm³/mol. The summed E-state index contributed by atoms with van der Waals surface area (Å²) >= 11 is 5.99. The summed E-state index contributed by atoms with van der Waals surface area (Å²) in [5, 5.41) is 0.611. The van der Waals surface area contributed by atoms with Gasteiger partial charge in [0.25, 0.3) is 5.56 Å². The Morgan fingerprint density at radius 2 is 1.70 bits per heavy atom. The lowest BCUT2D eigenvalue weighted by Gasteiger charge is -2.11. The molecule has 0 bridgehead atoms. The number of rotatable bonds is 5. The second kappa shape index (κ2) is 7.72. The summed E-state index contributed by atoms with van der Waals surface area (Å²) in [7, 11) is 4.57. The molecule has 0 saturated heterocycles. The molecule has 2 aromatic heterocycles. The average molecular weight is 427 g/mol. The molecule has 0 saturated carbocycles. The Balaban J connectivity index is 1.92. The monoisotopic (exact) mass is 426 g/mol. The molecule has 9 heteroatoms. The van der Waals surface area contributed by atoms with Gasteiger partial charge in [-0.2, -0.15) is 4.98 Å². The van der Waals surface area contributed by atoms with Gasteiger partial charge in [-0.05, 0) is 29.8 Å². The molecule has 0 unspecified atom stereocenters. The average Bonchev–Trinajstić information content (AvgIpc) is 3.10. The molecule has 154 valence electrons. The highest BCUT2D eigenvalue weighted by molar-refractivity contribution is 6.30. The van der Waals surface area contributed by atoms with Crippen LogP contribution in [0.25, 0.3) is 11.2 Å². The second-order valence-electron chi connectivity index (χ2n) is 6.77. The number of hydrogen-bond donors (Lipinski definition) is 0. The number of aryl methyl sites for hydroxylation is 1. The molecule has 0 atom stereocenters. The number of ether oxygens (including phenoxy) is 2. The number of methoxy groups -OCH3 is 1. The Labute approximate surface area is 176 Å². The number of nitrogens with zero attached hydrogens (tertiary/aromatic N) is 4. The first-order chi connectivity index (χ1) is 14.4. The Morgan fingerprint density at radius 3 is 2.40 bits per heavy atom. The third kappa shape index (κ3) is 3.46. The van der Waals surface area contributed by atoms with Gasteiger partial charge in [0.15, 0.2) is 11.2 Å². The van der Waals surface area contributed by atoms with Gasteiger partial charge in [-0.15, -0.1) is 0 Å². The van der Waals surface area contributed by atoms with Gasteiger partial charge in [-0.1, -0.05) is 29.8 Å². The molecule has 4 aromatic rings. The lowest BCUT2D eigenvalue weighted by Crippen LogP contribution is -2.37. The van der Waals surface area contributed by atoms with Crippen molar-refractivity contribution < 1.29 is 9.47 Å². The number of hydrogen-bond acceptors (Lipinski definition) is 5. The number of aromatic nitrogens is 4. The van der Waals surface area contributed by atoms with E-state index in [0.717, 1.165) is 10.1 Å². The molecule has 0 amide bonds. The summed E-state index contributed by atoms with van der Waals surface area (Å²) in [6.07, 6.45) is 0. The summed E-state index contributed by atoms with van der Waals surface area (Å²) in [6.45, 7) is 0.306. The quantitative estimate of drug-likeness (QED) is 0.490. The molecule has 0 fully saturated rings. The summed E-state index contributed by atoms with van der Waals surface area (Å²) < 4.78 is 15.3. The van der Waals surface area contributed by atoms with Crippen molar-refractivity contribution in [3.63, 3.8) is 0 Å². The predicted octanol–water partition coefficient (Wildman–Crippen LogP) is 2.94. The highest BCUT2D eigenvalue weighted by Crippen LogP contribution is 2.27. The fourth-order valence-corrected chi connectivity index (χ4v) is 3.32. The number of fused-ring (bicyclic) bond motifs is 1. The van der Waals surface area contributed by atoms with E-state index in [1.165, 1.54) is 11.6 Å². The van der Waals surface area contributed by atoms with E-state index in [2.05, 4.69) is 4.98 Å². The summed E-state index contributed by atoms with van der Waals surface area (Å²) in [5.41, 5.74) is 0.499. The van der Waals surface area contributed by atoms with Crippen LogP contribution < -0.4 is 20.7 Å². The lowest BCUT2D eigenvalue weighted by atomic mass is 10.2. The summed E-state index contributed by atoms with van der Waals surface area (Å²) in [5.74, 6) is 1.11. The van der Waals surface area contributed by atoms with E-state index < -0.39 is 11.2 Å². The molecule has 0 aliphatic heterocycles. The molecule has 0 radical (unpaired) electrons. The van der Waals surface area contributed by atoms with Crippen molar-refractivity contribution in [2.45, 2.75) is 6.54 Å². The third-order valence-electron chi connectivity index (χ3n) is 4.82. The minimum Gasteiger partial charge on any atom is -0.497 e. The van der Waals surface area contributed by atoms with Crippen molar-refractivity contribution in [2.75, 3.05) is 7.11 Å². The molecule has 2 heterocycles. The van der Waals surface area contributed by atoms with Crippen LogP contribution in [-0.2, 0) is 20.6 Å². The van der Waals surface area contributed by atoms with E-state index >= 15 is 0 Å². The van der Waals surface area contributed by atoms with Crippen LogP contribution in [0.15, 0.2) is 58.1 Å². The number of imidazole rings is 1. The van der Waals surface area contributed by atoms with Crippen molar-refractivity contribution in [1.82, 2.24) is 18.7 Å². The normalized spacial score (nSPS) is 11.1. The van der Waals surface area contributed by atoms with Crippen LogP contribution in [0.4, 0.5) is 0 Å². The van der Waals surface area contributed by atoms with Crippen molar-refractivity contribution in [3.05, 3.63) is 80.0 Å². The van der Waals surface area contributed by atoms with Gasteiger partial charge in [-0.25, -0.2) is 4.79 Å². The minimum atomic E-state index is -0.462. The topological polar surface area (TPSA) is 80.3 Å². The highest BCUT2D eigenvalue weighted by atomic mass is 35.5. The number of halogens is 1. The smallest absolute Gasteiger partial charge is 0.332 e. The Kier molecular flexibility index (Phi) is 5.09. The zero-order valence-electron chi connectivity index (χ0n) is 16.6. The van der Waals surface area contributed by atoms with Gasteiger partial charge < -0.3 is 9.47 Å². The maximum Gasteiger partial charge on any atom is 0.332 e. The first-order valence-electron chi connectivity index (χ1n) is 9.11. The van der Waals surface area contributed by atoms with Crippen LogP contribution in [0.3, 0.4) is 0 Å². The Hall–Kier alpha value is -3.52. The SMILES string of the molecule is COc1cccc(Oc2nc3c(c(=O)n(C)c(=O)n3C)n2Cc2ccc(Cl)cc2)c1. The van der Waals surface area contributed by atoms with Crippen LogP contribution >= 0.6 is 11.6 Å². The fraction of sp³-hybridized carbons (Fsp3) is 0.190. The first kappa shape index (κ1) is 19.8. The van der Waals surface area contributed by atoms with Crippen molar-refractivity contribution in [1.29, 1.82) is 0 Å². The van der Waals surface area contributed by atoms with Gasteiger partial charge in [0, 0.05) is 25.2 Å². The van der Waals surface area contributed by atoms with Gasteiger partial charge in [0.2, 0.25) is 0 Å². The van der Waals surface area contributed by atoms with Crippen LogP contribution in [0.1, 0.15) is 5.56 Å². The van der Waals surface area contributed by atoms with Crippen LogP contribution in [0.2, 0.25) is 5.02 Å². The zero-order chi connectivity index (χ0) is 21.4. The molecule has 4 rings (SSSR count). The molecule has 30 heavy (non-hydrogen) atoms. The van der Waals surface area contributed by atoms with Gasteiger partial charge in [0.05, 0.1) is 13.7 Å². The molecule has 8 nitrogen and oxygen atoms in total. The highest BCUT2D eigenvalue weighted by Gasteiger charge is 2.21. The maximum atomic E-state index is 12.9. The molecule has 0 N–H and O–H groups in total. The summed E-state index contributed by atoms with van der Waals surface area (Å²) in [6, 6.07) is 14.5. The first-order valence-corrected chi connectivity index (χ1v) is 9.49. The van der Waals surface area contributed by atoms with Crippen molar-refractivity contribution in [2.24, 2.45) is 14.1 Å². The molecular weight excluding hydrogens is 408 g/mol.